The van der Waals surface area contributed by atoms with Gasteiger partial charge in [-0.05, 0) is 61.1 Å². The molecule has 128 valence electrons. The van der Waals surface area contributed by atoms with Crippen molar-refractivity contribution in [3.05, 3.63) is 58.6 Å². The largest absolute Gasteiger partial charge is 0.484 e. The first-order chi connectivity index (χ1) is 12.0. The Kier molecular flexibility index (Phi) is 6.57. The maximum absolute atomic E-state index is 11.7. The van der Waals surface area contributed by atoms with Crippen molar-refractivity contribution in [3.8, 4) is 11.8 Å². The van der Waals surface area contributed by atoms with Gasteiger partial charge in [0, 0.05) is 10.7 Å². The number of thiocarbonyl (C=S) groups is 1. The monoisotopic (exact) mass is 374 g/mol. The summed E-state index contributed by atoms with van der Waals surface area (Å²) in [4.78, 5) is 11.7. The quantitative estimate of drug-likeness (QED) is 0.563. The molecule has 1 amide bonds. The number of carbonyl (C=O) groups is 1. The maximum atomic E-state index is 11.7. The lowest BCUT2D eigenvalue weighted by Gasteiger charge is -2.12. The fourth-order valence-corrected chi connectivity index (χ4v) is 2.12. The Morgan fingerprint density at radius 1 is 1.24 bits per heavy atom. The number of hydrogen-bond acceptors (Lipinski definition) is 4. The number of aryl methyl sites for hydroxylation is 1. The first-order valence-electron chi connectivity index (χ1n) is 7.23. The lowest BCUT2D eigenvalue weighted by Crippen LogP contribution is -2.45. The molecular formula is C17H15ClN4O2S. The van der Waals surface area contributed by atoms with E-state index in [0.717, 1.165) is 5.56 Å². The lowest BCUT2D eigenvalue weighted by atomic mass is 10.2. The number of anilines is 1. The molecule has 0 spiro atoms. The van der Waals surface area contributed by atoms with Crippen molar-refractivity contribution in [2.45, 2.75) is 6.92 Å². The zero-order chi connectivity index (χ0) is 18.2. The fraction of sp³-hybridized carbons (Fsp3) is 0.118. The van der Waals surface area contributed by atoms with Crippen molar-refractivity contribution in [2.24, 2.45) is 0 Å². The van der Waals surface area contributed by atoms with Crippen LogP contribution in [0, 0.1) is 18.3 Å². The second kappa shape index (κ2) is 8.87. The van der Waals surface area contributed by atoms with Crippen LogP contribution in [0.5, 0.6) is 5.75 Å². The van der Waals surface area contributed by atoms with E-state index in [4.69, 9.17) is 33.8 Å². The minimum Gasteiger partial charge on any atom is -0.484 e. The number of ether oxygens (including phenoxy) is 1. The van der Waals surface area contributed by atoms with Gasteiger partial charge in [-0.25, -0.2) is 0 Å². The van der Waals surface area contributed by atoms with Crippen LogP contribution in [-0.4, -0.2) is 17.6 Å². The van der Waals surface area contributed by atoms with Crippen LogP contribution in [0.3, 0.4) is 0 Å². The van der Waals surface area contributed by atoms with Crippen LogP contribution in [0.1, 0.15) is 11.1 Å². The minimum atomic E-state index is -0.407. The van der Waals surface area contributed by atoms with Crippen LogP contribution >= 0.6 is 23.8 Å². The molecule has 0 aliphatic heterocycles. The summed E-state index contributed by atoms with van der Waals surface area (Å²) in [6, 6.07) is 13.9. The van der Waals surface area contributed by atoms with Gasteiger partial charge in [0.05, 0.1) is 11.6 Å². The van der Waals surface area contributed by atoms with Gasteiger partial charge in [0.2, 0.25) is 0 Å². The number of halogens is 1. The van der Waals surface area contributed by atoms with E-state index in [2.05, 4.69) is 16.2 Å². The Morgan fingerprint density at radius 2 is 1.96 bits per heavy atom. The SMILES string of the molecule is Cc1ccc(NC(=S)NNC(=O)COc2ccc(C#N)cc2)cc1Cl. The van der Waals surface area contributed by atoms with Crippen LogP contribution < -0.4 is 20.9 Å². The third kappa shape index (κ3) is 5.95. The van der Waals surface area contributed by atoms with E-state index >= 15 is 0 Å². The molecule has 0 aliphatic carbocycles. The zero-order valence-corrected chi connectivity index (χ0v) is 14.9. The number of hydrazine groups is 1. The van der Waals surface area contributed by atoms with Gasteiger partial charge in [0.25, 0.3) is 5.91 Å². The number of nitrogens with one attached hydrogen (secondary N) is 3. The Bertz CT molecular complexity index is 818. The van der Waals surface area contributed by atoms with Crippen molar-refractivity contribution in [2.75, 3.05) is 11.9 Å². The number of nitrogens with zero attached hydrogens (tertiary/aromatic N) is 1. The first-order valence-corrected chi connectivity index (χ1v) is 8.01. The summed E-state index contributed by atoms with van der Waals surface area (Å²) >= 11 is 11.1. The second-order valence-electron chi connectivity index (χ2n) is 5.02. The van der Waals surface area contributed by atoms with E-state index in [0.29, 0.717) is 22.0 Å². The molecule has 0 aromatic heterocycles. The fourth-order valence-electron chi connectivity index (χ4n) is 1.77. The highest BCUT2D eigenvalue weighted by molar-refractivity contribution is 7.80. The average molecular weight is 375 g/mol. The summed E-state index contributed by atoms with van der Waals surface area (Å²) < 4.78 is 5.30. The highest BCUT2D eigenvalue weighted by atomic mass is 35.5. The molecule has 2 aromatic carbocycles. The van der Waals surface area contributed by atoms with Crippen LogP contribution in [0.15, 0.2) is 42.5 Å². The Morgan fingerprint density at radius 3 is 2.60 bits per heavy atom. The summed E-state index contributed by atoms with van der Waals surface area (Å²) in [6.07, 6.45) is 0. The molecule has 0 saturated heterocycles. The normalized spacial score (nSPS) is 9.64. The molecular weight excluding hydrogens is 360 g/mol. The van der Waals surface area contributed by atoms with E-state index in [1.165, 1.54) is 0 Å². The lowest BCUT2D eigenvalue weighted by molar-refractivity contribution is -0.123. The van der Waals surface area contributed by atoms with Gasteiger partial charge in [0.1, 0.15) is 5.75 Å². The van der Waals surface area contributed by atoms with E-state index in [-0.39, 0.29) is 11.7 Å². The smallest absolute Gasteiger partial charge is 0.276 e. The van der Waals surface area contributed by atoms with E-state index < -0.39 is 5.91 Å². The van der Waals surface area contributed by atoms with E-state index in [9.17, 15) is 4.79 Å². The van der Waals surface area contributed by atoms with Gasteiger partial charge in [-0.3, -0.25) is 15.6 Å². The van der Waals surface area contributed by atoms with Gasteiger partial charge in [-0.1, -0.05) is 17.7 Å². The third-order valence-corrected chi connectivity index (χ3v) is 3.71. The summed E-state index contributed by atoms with van der Waals surface area (Å²) in [5.41, 5.74) is 7.17. The Balaban J connectivity index is 1.74. The molecule has 0 saturated carbocycles. The number of nitriles is 1. The summed E-state index contributed by atoms with van der Waals surface area (Å²) in [7, 11) is 0. The predicted octanol–water partition coefficient (Wildman–Crippen LogP) is 2.92. The number of benzene rings is 2. The van der Waals surface area contributed by atoms with Gasteiger partial charge in [-0.2, -0.15) is 5.26 Å². The summed E-state index contributed by atoms with van der Waals surface area (Å²) in [5.74, 6) is 0.0830. The number of amides is 1. The van der Waals surface area contributed by atoms with Gasteiger partial charge >= 0.3 is 0 Å². The molecule has 8 heteroatoms. The van der Waals surface area contributed by atoms with E-state index in [1.54, 1.807) is 30.3 Å². The van der Waals surface area contributed by atoms with E-state index in [1.807, 2.05) is 25.1 Å². The van der Waals surface area contributed by atoms with Crippen LogP contribution in [0.25, 0.3) is 0 Å². The second-order valence-corrected chi connectivity index (χ2v) is 5.83. The summed E-state index contributed by atoms with van der Waals surface area (Å²) in [5, 5.41) is 12.4. The van der Waals surface area contributed by atoms with Gasteiger partial charge in [-0.15, -0.1) is 0 Å². The molecule has 3 N–H and O–H groups in total. The van der Waals surface area contributed by atoms with Gasteiger partial charge in [0.15, 0.2) is 11.7 Å². The predicted molar refractivity (Wildman–Crippen MR) is 100 cm³/mol. The Labute approximate surface area is 155 Å². The molecule has 0 aliphatic rings. The van der Waals surface area contributed by atoms with Crippen molar-refractivity contribution >= 4 is 40.5 Å². The highest BCUT2D eigenvalue weighted by Gasteiger charge is 2.05. The molecule has 0 atom stereocenters. The third-order valence-electron chi connectivity index (χ3n) is 3.10. The molecule has 2 rings (SSSR count). The van der Waals surface area contributed by atoms with Crippen molar-refractivity contribution in [3.63, 3.8) is 0 Å². The number of hydrogen-bond donors (Lipinski definition) is 3. The van der Waals surface area contributed by atoms with Crippen molar-refractivity contribution in [1.29, 1.82) is 5.26 Å². The topological polar surface area (TPSA) is 86.2 Å². The van der Waals surface area contributed by atoms with Gasteiger partial charge < -0.3 is 10.1 Å². The minimum absolute atomic E-state index is 0.197. The van der Waals surface area contributed by atoms with Crippen molar-refractivity contribution in [1.82, 2.24) is 10.9 Å². The molecule has 25 heavy (non-hydrogen) atoms. The molecule has 0 unspecified atom stereocenters. The Hall–Kier alpha value is -2.82. The van der Waals surface area contributed by atoms with Crippen LogP contribution in [0.2, 0.25) is 5.02 Å². The zero-order valence-electron chi connectivity index (χ0n) is 13.3. The molecule has 6 nitrogen and oxygen atoms in total. The molecule has 0 radical (unpaired) electrons. The maximum Gasteiger partial charge on any atom is 0.276 e. The van der Waals surface area contributed by atoms with Crippen LogP contribution in [-0.2, 0) is 4.79 Å². The summed E-state index contributed by atoms with van der Waals surface area (Å²) in [6.45, 7) is 1.70. The molecule has 2 aromatic rings. The average Bonchev–Trinajstić information content (AvgIpc) is 2.61. The molecule has 0 fully saturated rings. The molecule has 0 heterocycles. The number of carbonyl (C=O) groups excluding carboxylic acids is 1. The van der Waals surface area contributed by atoms with Crippen molar-refractivity contribution < 1.29 is 9.53 Å². The standard InChI is InChI=1S/C17H15ClN4O2S/c1-11-2-5-13(8-15(11)18)20-17(25)22-21-16(23)10-24-14-6-3-12(9-19)4-7-14/h2-8H,10H2,1H3,(H,21,23)(H2,20,22,25). The molecule has 0 bridgehead atoms. The highest BCUT2D eigenvalue weighted by Crippen LogP contribution is 2.19. The first kappa shape index (κ1) is 18.5. The number of rotatable bonds is 4. The van der Waals surface area contributed by atoms with Crippen LogP contribution in [0.4, 0.5) is 5.69 Å².